The monoisotopic (exact) mass is 273 g/mol. The van der Waals surface area contributed by atoms with Crippen molar-refractivity contribution in [2.75, 3.05) is 0 Å². The topological polar surface area (TPSA) is 60.4 Å². The molecule has 2 aromatic heterocycles. The van der Waals surface area contributed by atoms with Gasteiger partial charge in [-0.25, -0.2) is 0 Å². The molecular weight excluding hydrogens is 262 g/mol. The minimum atomic E-state index is -0.420. The molecule has 0 bridgehead atoms. The van der Waals surface area contributed by atoms with Crippen LogP contribution in [0, 0.1) is 6.92 Å². The first-order chi connectivity index (χ1) is 9.15. The van der Waals surface area contributed by atoms with Gasteiger partial charge in [0.15, 0.2) is 4.80 Å². The number of rotatable bonds is 1. The van der Waals surface area contributed by atoms with E-state index in [0.717, 1.165) is 10.2 Å². The average molecular weight is 273 g/mol. The zero-order chi connectivity index (χ0) is 13.4. The molecule has 0 aliphatic heterocycles. The smallest absolute Gasteiger partial charge is 0.318 e. The van der Waals surface area contributed by atoms with Crippen molar-refractivity contribution in [2.24, 2.45) is 12.0 Å². The van der Waals surface area contributed by atoms with Crippen molar-refractivity contribution in [1.29, 1.82) is 0 Å². The van der Waals surface area contributed by atoms with Crippen LogP contribution in [-0.2, 0) is 7.05 Å². The van der Waals surface area contributed by atoms with Crippen molar-refractivity contribution in [3.05, 3.63) is 46.6 Å². The van der Waals surface area contributed by atoms with Crippen molar-refractivity contribution < 1.29 is 9.32 Å². The van der Waals surface area contributed by atoms with Gasteiger partial charge in [0.2, 0.25) is 5.76 Å². The molecular formula is C13H11N3O2S. The summed E-state index contributed by atoms with van der Waals surface area (Å²) in [5.41, 5.74) is 2.24. The Balaban J connectivity index is 2.15. The Morgan fingerprint density at radius 3 is 3.00 bits per heavy atom. The number of hydrogen-bond acceptors (Lipinski definition) is 4. The predicted molar refractivity (Wildman–Crippen MR) is 71.9 cm³/mol. The average Bonchev–Trinajstić information content (AvgIpc) is 2.99. The van der Waals surface area contributed by atoms with Gasteiger partial charge in [-0.15, -0.1) is 0 Å². The molecule has 0 saturated heterocycles. The first-order valence-electron chi connectivity index (χ1n) is 5.71. The predicted octanol–water partition coefficient (Wildman–Crippen LogP) is 2.28. The van der Waals surface area contributed by atoms with Crippen LogP contribution in [0.5, 0.6) is 0 Å². The number of carbonyl (C=O) groups excluding carboxylic acids is 1. The first-order valence-corrected chi connectivity index (χ1v) is 6.53. The van der Waals surface area contributed by atoms with Crippen molar-refractivity contribution >= 4 is 27.5 Å². The molecule has 0 spiro atoms. The van der Waals surface area contributed by atoms with Crippen LogP contribution < -0.4 is 4.80 Å². The van der Waals surface area contributed by atoms with Crippen LogP contribution in [0.3, 0.4) is 0 Å². The number of benzene rings is 1. The Labute approximate surface area is 112 Å². The number of aromatic nitrogens is 2. The zero-order valence-corrected chi connectivity index (χ0v) is 11.3. The molecule has 0 fully saturated rings. The second-order valence-electron chi connectivity index (χ2n) is 4.21. The number of nitrogens with zero attached hydrogens (tertiary/aromatic N) is 3. The lowest BCUT2D eigenvalue weighted by molar-refractivity contribution is 0.0962. The van der Waals surface area contributed by atoms with Gasteiger partial charge in [0.05, 0.1) is 16.4 Å². The molecule has 19 heavy (non-hydrogen) atoms. The normalized spacial score (nSPS) is 12.2. The summed E-state index contributed by atoms with van der Waals surface area (Å²) in [5, 5.41) is 3.50. The molecule has 6 heteroatoms. The van der Waals surface area contributed by atoms with Crippen LogP contribution in [0.2, 0.25) is 0 Å². The molecule has 0 aliphatic rings. The SMILES string of the molecule is Cc1ccc2c(c1)sc(=NC(=O)c1ccno1)n2C. The number of aryl methyl sites for hydroxylation is 2. The molecule has 0 saturated carbocycles. The highest BCUT2D eigenvalue weighted by molar-refractivity contribution is 7.16. The second kappa shape index (κ2) is 4.47. The van der Waals surface area contributed by atoms with E-state index in [1.165, 1.54) is 29.2 Å². The zero-order valence-electron chi connectivity index (χ0n) is 10.5. The van der Waals surface area contributed by atoms with Crippen LogP contribution in [0.4, 0.5) is 0 Å². The van der Waals surface area contributed by atoms with Crippen molar-refractivity contribution in [3.8, 4) is 0 Å². The third-order valence-corrected chi connectivity index (χ3v) is 3.91. The molecule has 1 aromatic carbocycles. The summed E-state index contributed by atoms with van der Waals surface area (Å²) in [5.74, 6) is -0.273. The molecule has 0 unspecified atom stereocenters. The number of amides is 1. The minimum Gasteiger partial charge on any atom is -0.351 e. The molecule has 0 aliphatic carbocycles. The van der Waals surface area contributed by atoms with E-state index in [2.05, 4.69) is 16.2 Å². The molecule has 0 radical (unpaired) electrons. The number of fused-ring (bicyclic) bond motifs is 1. The van der Waals surface area contributed by atoms with Crippen molar-refractivity contribution in [3.63, 3.8) is 0 Å². The van der Waals surface area contributed by atoms with E-state index in [0.29, 0.717) is 4.80 Å². The highest BCUT2D eigenvalue weighted by atomic mass is 32.1. The fraction of sp³-hybridized carbons (Fsp3) is 0.154. The largest absolute Gasteiger partial charge is 0.351 e. The quantitative estimate of drug-likeness (QED) is 0.683. The highest BCUT2D eigenvalue weighted by Crippen LogP contribution is 2.17. The van der Waals surface area contributed by atoms with E-state index in [1.807, 2.05) is 30.7 Å². The van der Waals surface area contributed by atoms with Gasteiger partial charge in [-0.3, -0.25) is 4.79 Å². The Morgan fingerprint density at radius 2 is 2.26 bits per heavy atom. The van der Waals surface area contributed by atoms with E-state index in [4.69, 9.17) is 4.52 Å². The summed E-state index contributed by atoms with van der Waals surface area (Å²) in [4.78, 5) is 16.6. The van der Waals surface area contributed by atoms with Gasteiger partial charge in [0.25, 0.3) is 0 Å². The maximum absolute atomic E-state index is 11.9. The van der Waals surface area contributed by atoms with Crippen molar-refractivity contribution in [1.82, 2.24) is 9.72 Å². The second-order valence-corrected chi connectivity index (χ2v) is 5.22. The van der Waals surface area contributed by atoms with E-state index in [9.17, 15) is 4.79 Å². The van der Waals surface area contributed by atoms with Crippen LogP contribution in [0.15, 0.2) is 40.0 Å². The molecule has 0 N–H and O–H groups in total. The van der Waals surface area contributed by atoms with E-state index >= 15 is 0 Å². The van der Waals surface area contributed by atoms with Gasteiger partial charge in [0.1, 0.15) is 0 Å². The summed E-state index contributed by atoms with van der Waals surface area (Å²) < 4.78 is 7.80. The van der Waals surface area contributed by atoms with Gasteiger partial charge < -0.3 is 9.09 Å². The fourth-order valence-corrected chi connectivity index (χ4v) is 2.93. The minimum absolute atomic E-state index is 0.147. The van der Waals surface area contributed by atoms with E-state index in [-0.39, 0.29) is 5.76 Å². The fourth-order valence-electron chi connectivity index (χ4n) is 1.82. The highest BCUT2D eigenvalue weighted by Gasteiger charge is 2.10. The molecule has 1 amide bonds. The lowest BCUT2D eigenvalue weighted by Crippen LogP contribution is -2.12. The van der Waals surface area contributed by atoms with Crippen molar-refractivity contribution in [2.45, 2.75) is 6.92 Å². The summed E-state index contributed by atoms with van der Waals surface area (Å²) in [6.45, 7) is 2.04. The van der Waals surface area contributed by atoms with Gasteiger partial charge >= 0.3 is 5.91 Å². The maximum Gasteiger partial charge on any atom is 0.318 e. The van der Waals surface area contributed by atoms with E-state index < -0.39 is 5.91 Å². The maximum atomic E-state index is 11.9. The summed E-state index contributed by atoms with van der Waals surface area (Å²) >= 11 is 1.48. The Bertz CT molecular complexity index is 812. The lowest BCUT2D eigenvalue weighted by atomic mass is 10.2. The lowest BCUT2D eigenvalue weighted by Gasteiger charge is -1.95. The van der Waals surface area contributed by atoms with E-state index in [1.54, 1.807) is 0 Å². The standard InChI is InChI=1S/C13H11N3O2S/c1-8-3-4-9-11(7-8)19-13(16(9)2)15-12(17)10-5-6-14-18-10/h3-7H,1-2H3. The molecule has 3 aromatic rings. The Hall–Kier alpha value is -2.21. The van der Waals surface area contributed by atoms with Crippen LogP contribution >= 0.6 is 11.3 Å². The summed E-state index contributed by atoms with van der Waals surface area (Å²) in [6, 6.07) is 7.65. The van der Waals surface area contributed by atoms with Crippen LogP contribution in [-0.4, -0.2) is 15.6 Å². The summed E-state index contributed by atoms with van der Waals surface area (Å²) in [6.07, 6.45) is 1.43. The van der Waals surface area contributed by atoms with Gasteiger partial charge in [0, 0.05) is 13.1 Å². The Kier molecular flexibility index (Phi) is 2.79. The molecule has 5 nitrogen and oxygen atoms in total. The van der Waals surface area contributed by atoms with Crippen LogP contribution in [0.25, 0.3) is 10.2 Å². The van der Waals surface area contributed by atoms with Gasteiger partial charge in [-0.05, 0) is 24.6 Å². The first kappa shape index (κ1) is 11.9. The molecule has 3 rings (SSSR count). The molecule has 96 valence electrons. The van der Waals surface area contributed by atoms with Crippen LogP contribution in [0.1, 0.15) is 16.1 Å². The third kappa shape index (κ3) is 2.10. The number of thiazole rings is 1. The van der Waals surface area contributed by atoms with Gasteiger partial charge in [-0.1, -0.05) is 22.6 Å². The number of hydrogen-bond donors (Lipinski definition) is 0. The Morgan fingerprint density at radius 1 is 1.42 bits per heavy atom. The summed E-state index contributed by atoms with van der Waals surface area (Å²) in [7, 11) is 1.89. The number of carbonyl (C=O) groups is 1. The van der Waals surface area contributed by atoms with Gasteiger partial charge in [-0.2, -0.15) is 4.99 Å². The third-order valence-electron chi connectivity index (χ3n) is 2.81. The molecule has 2 heterocycles. The molecule has 0 atom stereocenters.